The van der Waals surface area contributed by atoms with Gasteiger partial charge >= 0.3 is 6.09 Å². The summed E-state index contributed by atoms with van der Waals surface area (Å²) < 4.78 is 23.1. The van der Waals surface area contributed by atoms with Gasteiger partial charge in [-0.1, -0.05) is 5.16 Å². The van der Waals surface area contributed by atoms with Gasteiger partial charge in [-0.05, 0) is 31.0 Å². The van der Waals surface area contributed by atoms with Crippen LogP contribution < -0.4 is 10.6 Å². The van der Waals surface area contributed by atoms with Gasteiger partial charge in [0.1, 0.15) is 11.6 Å². The fourth-order valence-corrected chi connectivity index (χ4v) is 2.01. The second-order valence-corrected chi connectivity index (χ2v) is 5.15. The molecule has 3 rings (SSSR count). The quantitative estimate of drug-likeness (QED) is 0.903. The Bertz CT molecular complexity index is 755. The second kappa shape index (κ2) is 6.07. The number of halogens is 1. The monoisotopic (exact) mass is 319 g/mol. The molecule has 1 aliphatic carbocycles. The average molecular weight is 319 g/mol. The molecular weight excluding hydrogens is 305 g/mol. The Kier molecular flexibility index (Phi) is 3.96. The van der Waals surface area contributed by atoms with Crippen LogP contribution in [0.25, 0.3) is 0 Å². The van der Waals surface area contributed by atoms with Crippen molar-refractivity contribution in [2.45, 2.75) is 18.8 Å². The lowest BCUT2D eigenvalue weighted by Gasteiger charge is -2.08. The van der Waals surface area contributed by atoms with E-state index < -0.39 is 17.8 Å². The number of rotatable bonds is 4. The standard InChI is InChI=1S/C15H14FN3O4/c1-22-15(21)18-11-6-9(4-5-10(11)16)17-14(20)12-7-13(23-19-12)8-2-3-8/h4-8H,2-3H2,1H3,(H,17,20)(H,18,21). The lowest BCUT2D eigenvalue weighted by molar-refractivity contribution is 0.101. The molecule has 1 aliphatic rings. The predicted octanol–water partition coefficient (Wildman–Crippen LogP) is 3.12. The molecule has 1 aromatic heterocycles. The zero-order valence-corrected chi connectivity index (χ0v) is 12.3. The fourth-order valence-electron chi connectivity index (χ4n) is 2.01. The van der Waals surface area contributed by atoms with Crippen LogP contribution in [0.15, 0.2) is 28.8 Å². The number of amides is 2. The van der Waals surface area contributed by atoms with Crippen LogP contribution in [0, 0.1) is 5.82 Å². The number of aromatic nitrogens is 1. The molecule has 0 unspecified atom stereocenters. The van der Waals surface area contributed by atoms with Crippen molar-refractivity contribution in [1.82, 2.24) is 5.16 Å². The number of ether oxygens (including phenoxy) is 1. The smallest absolute Gasteiger partial charge is 0.411 e. The van der Waals surface area contributed by atoms with Crippen molar-refractivity contribution in [3.8, 4) is 0 Å². The molecule has 2 N–H and O–H groups in total. The Balaban J connectivity index is 1.72. The predicted molar refractivity (Wildman–Crippen MR) is 78.9 cm³/mol. The summed E-state index contributed by atoms with van der Waals surface area (Å²) in [5, 5.41) is 8.51. The minimum atomic E-state index is -0.807. The fraction of sp³-hybridized carbons (Fsp3) is 0.267. The number of anilines is 2. The van der Waals surface area contributed by atoms with Crippen LogP contribution >= 0.6 is 0 Å². The first-order chi connectivity index (χ1) is 11.1. The molecule has 7 nitrogen and oxygen atoms in total. The van der Waals surface area contributed by atoms with Gasteiger partial charge < -0.3 is 14.6 Å². The lowest BCUT2D eigenvalue weighted by Crippen LogP contribution is -2.14. The van der Waals surface area contributed by atoms with E-state index in [1.807, 2.05) is 0 Å². The van der Waals surface area contributed by atoms with Crippen LogP contribution in [0.2, 0.25) is 0 Å². The van der Waals surface area contributed by atoms with Crippen molar-refractivity contribution in [1.29, 1.82) is 0 Å². The first-order valence-electron chi connectivity index (χ1n) is 6.99. The van der Waals surface area contributed by atoms with Gasteiger partial charge in [-0.3, -0.25) is 10.1 Å². The molecule has 0 atom stereocenters. The summed E-state index contributed by atoms with van der Waals surface area (Å²) in [4.78, 5) is 23.3. The summed E-state index contributed by atoms with van der Waals surface area (Å²) in [7, 11) is 1.17. The van der Waals surface area contributed by atoms with Crippen molar-refractivity contribution in [2.24, 2.45) is 0 Å². The SMILES string of the molecule is COC(=O)Nc1cc(NC(=O)c2cc(C3CC3)on2)ccc1F. The second-order valence-electron chi connectivity index (χ2n) is 5.15. The molecule has 0 bridgehead atoms. The number of nitrogens with zero attached hydrogens (tertiary/aromatic N) is 1. The number of nitrogens with one attached hydrogen (secondary N) is 2. The maximum Gasteiger partial charge on any atom is 0.411 e. The third-order valence-electron chi connectivity index (χ3n) is 3.39. The van der Waals surface area contributed by atoms with E-state index >= 15 is 0 Å². The number of hydrogen-bond donors (Lipinski definition) is 2. The van der Waals surface area contributed by atoms with Crippen LogP contribution in [-0.4, -0.2) is 24.3 Å². The summed E-state index contributed by atoms with van der Waals surface area (Å²) >= 11 is 0. The molecule has 2 aromatic rings. The van der Waals surface area contributed by atoms with Crippen molar-refractivity contribution in [3.63, 3.8) is 0 Å². The Morgan fingerprint density at radius 3 is 2.78 bits per heavy atom. The van der Waals surface area contributed by atoms with Gasteiger partial charge in [0, 0.05) is 17.7 Å². The Labute approximate surface area is 130 Å². The molecule has 1 heterocycles. The number of hydrogen-bond acceptors (Lipinski definition) is 5. The van der Waals surface area contributed by atoms with E-state index in [4.69, 9.17) is 4.52 Å². The third-order valence-corrected chi connectivity index (χ3v) is 3.39. The van der Waals surface area contributed by atoms with E-state index in [1.165, 1.54) is 19.2 Å². The molecule has 0 saturated heterocycles. The zero-order chi connectivity index (χ0) is 16.4. The highest BCUT2D eigenvalue weighted by molar-refractivity contribution is 6.03. The number of carbonyl (C=O) groups is 2. The van der Waals surface area contributed by atoms with Crippen LogP contribution in [0.5, 0.6) is 0 Å². The molecular formula is C15H14FN3O4. The summed E-state index contributed by atoms with van der Waals surface area (Å²) in [6.45, 7) is 0. The molecule has 23 heavy (non-hydrogen) atoms. The number of carbonyl (C=O) groups excluding carboxylic acids is 2. The minimum absolute atomic E-state index is 0.103. The van der Waals surface area contributed by atoms with Crippen molar-refractivity contribution in [3.05, 3.63) is 41.5 Å². The van der Waals surface area contributed by atoms with E-state index in [2.05, 4.69) is 20.5 Å². The maximum absolute atomic E-state index is 13.6. The molecule has 0 aliphatic heterocycles. The van der Waals surface area contributed by atoms with E-state index in [0.717, 1.165) is 18.9 Å². The van der Waals surface area contributed by atoms with Crippen molar-refractivity contribution < 1.29 is 23.2 Å². The zero-order valence-electron chi connectivity index (χ0n) is 12.3. The van der Waals surface area contributed by atoms with Gasteiger partial charge in [-0.2, -0.15) is 0 Å². The van der Waals surface area contributed by atoms with Crippen LogP contribution in [0.3, 0.4) is 0 Å². The summed E-state index contributed by atoms with van der Waals surface area (Å²) in [6.07, 6.45) is 1.27. The number of methoxy groups -OCH3 is 1. The summed E-state index contributed by atoms with van der Waals surface area (Å²) in [6, 6.07) is 5.38. The van der Waals surface area contributed by atoms with Crippen molar-refractivity contribution >= 4 is 23.4 Å². The number of benzene rings is 1. The van der Waals surface area contributed by atoms with Crippen molar-refractivity contribution in [2.75, 3.05) is 17.7 Å². The third kappa shape index (κ3) is 3.47. The van der Waals surface area contributed by atoms with Gasteiger partial charge in [-0.25, -0.2) is 9.18 Å². The molecule has 0 radical (unpaired) electrons. The Morgan fingerprint density at radius 2 is 2.09 bits per heavy atom. The van der Waals surface area contributed by atoms with Gasteiger partial charge in [0.25, 0.3) is 5.91 Å². The Hall–Kier alpha value is -2.90. The van der Waals surface area contributed by atoms with Crippen LogP contribution in [0.4, 0.5) is 20.6 Å². The molecule has 120 valence electrons. The molecule has 2 amide bonds. The van der Waals surface area contributed by atoms with E-state index in [-0.39, 0.29) is 11.4 Å². The molecule has 8 heteroatoms. The molecule has 1 fully saturated rings. The van der Waals surface area contributed by atoms with Gasteiger partial charge in [0.05, 0.1) is 12.8 Å². The maximum atomic E-state index is 13.6. The highest BCUT2D eigenvalue weighted by atomic mass is 19.1. The molecule has 1 aromatic carbocycles. The highest BCUT2D eigenvalue weighted by Crippen LogP contribution is 2.40. The van der Waals surface area contributed by atoms with Gasteiger partial charge in [0.15, 0.2) is 5.69 Å². The molecule has 1 saturated carbocycles. The summed E-state index contributed by atoms with van der Waals surface area (Å²) in [5.41, 5.74) is 0.353. The first kappa shape index (κ1) is 15.0. The van der Waals surface area contributed by atoms with Crippen LogP contribution in [0.1, 0.15) is 35.0 Å². The lowest BCUT2D eigenvalue weighted by atomic mass is 10.2. The normalized spacial score (nSPS) is 13.5. The van der Waals surface area contributed by atoms with Gasteiger partial charge in [0.2, 0.25) is 0 Å². The topological polar surface area (TPSA) is 93.5 Å². The average Bonchev–Trinajstić information content (AvgIpc) is 3.27. The first-order valence-corrected chi connectivity index (χ1v) is 6.99. The van der Waals surface area contributed by atoms with Gasteiger partial charge in [-0.15, -0.1) is 0 Å². The largest absolute Gasteiger partial charge is 0.453 e. The van der Waals surface area contributed by atoms with E-state index in [9.17, 15) is 14.0 Å². The Morgan fingerprint density at radius 1 is 1.30 bits per heavy atom. The molecule has 0 spiro atoms. The summed E-state index contributed by atoms with van der Waals surface area (Å²) in [5.74, 6) is -0.0739. The van der Waals surface area contributed by atoms with E-state index in [0.29, 0.717) is 17.4 Å². The van der Waals surface area contributed by atoms with Crippen LogP contribution in [-0.2, 0) is 4.74 Å². The highest BCUT2D eigenvalue weighted by Gasteiger charge is 2.28. The van der Waals surface area contributed by atoms with E-state index in [1.54, 1.807) is 6.07 Å². The minimum Gasteiger partial charge on any atom is -0.453 e.